The minimum absolute atomic E-state index is 0.282. The molecule has 0 unspecified atom stereocenters. The lowest BCUT2D eigenvalue weighted by atomic mass is 10.2. The van der Waals surface area contributed by atoms with E-state index >= 15 is 0 Å². The second-order valence-electron chi connectivity index (χ2n) is 6.34. The molecule has 158 valence electrons. The molecule has 0 saturated carbocycles. The van der Waals surface area contributed by atoms with E-state index in [-0.39, 0.29) is 13.2 Å². The number of aromatic nitrogens is 2. The molecule has 1 heterocycles. The first-order chi connectivity index (χ1) is 14.9. The number of ether oxygens (including phenoxy) is 1. The average molecular weight is 477 g/mol. The number of benzene rings is 2. The van der Waals surface area contributed by atoms with Gasteiger partial charge in [0.2, 0.25) is 0 Å². The summed E-state index contributed by atoms with van der Waals surface area (Å²) in [7, 11) is 0. The van der Waals surface area contributed by atoms with Crippen LogP contribution in [0.1, 0.15) is 22.4 Å². The van der Waals surface area contributed by atoms with E-state index in [9.17, 15) is 4.79 Å². The molecule has 0 aliphatic carbocycles. The van der Waals surface area contributed by atoms with Gasteiger partial charge in [0.1, 0.15) is 17.0 Å². The number of carbonyl (C=O) groups excluding carboxylic acids is 1. The molecular weight excluding hydrogens is 461 g/mol. The molecular formula is C21H16Cl3N5O2. The second-order valence-corrected chi connectivity index (χ2v) is 7.51. The normalized spacial score (nSPS) is 10.8. The maximum absolute atomic E-state index is 12.0. The van der Waals surface area contributed by atoms with Gasteiger partial charge in [-0.2, -0.15) is 15.5 Å². The summed E-state index contributed by atoms with van der Waals surface area (Å²) in [6.07, 6.45) is 1.40. The molecule has 0 fully saturated rings. The van der Waals surface area contributed by atoms with Gasteiger partial charge in [0.15, 0.2) is 6.61 Å². The Morgan fingerprint density at radius 3 is 2.65 bits per heavy atom. The molecule has 3 rings (SSSR count). The van der Waals surface area contributed by atoms with Gasteiger partial charge in [0.05, 0.1) is 29.6 Å². The summed E-state index contributed by atoms with van der Waals surface area (Å²) >= 11 is 18.9. The lowest BCUT2D eigenvalue weighted by Gasteiger charge is -2.08. The molecule has 7 nitrogen and oxygen atoms in total. The van der Waals surface area contributed by atoms with E-state index in [1.165, 1.54) is 6.21 Å². The summed E-state index contributed by atoms with van der Waals surface area (Å²) in [5.74, 6) is -0.171. The molecule has 0 aliphatic heterocycles. The van der Waals surface area contributed by atoms with E-state index in [0.29, 0.717) is 43.3 Å². The van der Waals surface area contributed by atoms with Crippen LogP contribution in [0, 0.1) is 18.3 Å². The van der Waals surface area contributed by atoms with Crippen LogP contribution in [0.3, 0.4) is 0 Å². The lowest BCUT2D eigenvalue weighted by Crippen LogP contribution is -2.24. The average Bonchev–Trinajstić information content (AvgIpc) is 3.02. The number of halogens is 3. The van der Waals surface area contributed by atoms with E-state index in [1.807, 2.05) is 6.07 Å². The monoisotopic (exact) mass is 475 g/mol. The predicted molar refractivity (Wildman–Crippen MR) is 120 cm³/mol. The summed E-state index contributed by atoms with van der Waals surface area (Å²) in [6.45, 7) is 1.75. The maximum atomic E-state index is 12.0. The fourth-order valence-corrected chi connectivity index (χ4v) is 3.48. The molecule has 1 amide bonds. The van der Waals surface area contributed by atoms with Crippen molar-refractivity contribution in [1.82, 2.24) is 15.2 Å². The van der Waals surface area contributed by atoms with Crippen molar-refractivity contribution in [3.8, 4) is 11.8 Å². The topological polar surface area (TPSA) is 92.3 Å². The van der Waals surface area contributed by atoms with Crippen molar-refractivity contribution in [2.75, 3.05) is 6.61 Å². The Morgan fingerprint density at radius 2 is 1.94 bits per heavy atom. The Hall–Kier alpha value is -3.05. The Balaban J connectivity index is 1.63. The zero-order valence-electron chi connectivity index (χ0n) is 16.3. The van der Waals surface area contributed by atoms with E-state index < -0.39 is 5.91 Å². The quantitative estimate of drug-likeness (QED) is 0.398. The standard InChI is InChI=1S/C21H16Cl3N5O2/c1-13-15(21(24)29(28-13)11-16-17(22)6-4-7-18(16)23)10-26-27-20(30)12-31-19-8-3-2-5-14(19)9-25/h2-8,10H,11-12H2,1H3,(H,27,30)/b26-10+. The summed E-state index contributed by atoms with van der Waals surface area (Å²) in [5, 5.41) is 18.7. The molecule has 0 atom stereocenters. The van der Waals surface area contributed by atoms with Crippen LogP contribution >= 0.6 is 34.8 Å². The Bertz CT molecular complexity index is 1160. The first kappa shape index (κ1) is 22.6. The van der Waals surface area contributed by atoms with Gasteiger partial charge in [-0.3, -0.25) is 4.79 Å². The summed E-state index contributed by atoms with van der Waals surface area (Å²) in [6, 6.07) is 13.9. The highest BCUT2D eigenvalue weighted by atomic mass is 35.5. The lowest BCUT2D eigenvalue weighted by molar-refractivity contribution is -0.123. The van der Waals surface area contributed by atoms with Gasteiger partial charge in [-0.1, -0.05) is 53.0 Å². The predicted octanol–water partition coefficient (Wildman–Crippen LogP) is 4.60. The van der Waals surface area contributed by atoms with Gasteiger partial charge in [0.25, 0.3) is 5.91 Å². The van der Waals surface area contributed by atoms with Crippen LogP contribution in [0.25, 0.3) is 0 Å². The van der Waals surface area contributed by atoms with Crippen LogP contribution in [0.5, 0.6) is 5.75 Å². The third-order valence-electron chi connectivity index (χ3n) is 4.23. The largest absolute Gasteiger partial charge is 0.482 e. The van der Waals surface area contributed by atoms with Crippen LogP contribution in [-0.4, -0.2) is 28.5 Å². The molecule has 0 saturated heterocycles. The number of rotatable bonds is 7. The zero-order valence-corrected chi connectivity index (χ0v) is 18.5. The van der Waals surface area contributed by atoms with Crippen molar-refractivity contribution in [3.63, 3.8) is 0 Å². The minimum Gasteiger partial charge on any atom is -0.482 e. The van der Waals surface area contributed by atoms with Gasteiger partial charge in [0, 0.05) is 15.6 Å². The van der Waals surface area contributed by atoms with Gasteiger partial charge < -0.3 is 4.74 Å². The highest BCUT2D eigenvalue weighted by molar-refractivity contribution is 6.36. The number of hydrogen-bond donors (Lipinski definition) is 1. The van der Waals surface area contributed by atoms with E-state index in [2.05, 4.69) is 15.6 Å². The number of aryl methyl sites for hydroxylation is 1. The smallest absolute Gasteiger partial charge is 0.277 e. The number of hydrogen-bond acceptors (Lipinski definition) is 5. The summed E-state index contributed by atoms with van der Waals surface area (Å²) in [4.78, 5) is 12.0. The third-order valence-corrected chi connectivity index (χ3v) is 5.34. The van der Waals surface area contributed by atoms with Crippen LogP contribution in [0.15, 0.2) is 47.6 Å². The fourth-order valence-electron chi connectivity index (χ4n) is 2.68. The van der Waals surface area contributed by atoms with Gasteiger partial charge in [-0.05, 0) is 31.2 Å². The van der Waals surface area contributed by atoms with E-state index in [4.69, 9.17) is 44.8 Å². The summed E-state index contributed by atoms with van der Waals surface area (Å²) in [5.41, 5.74) is 4.55. The number of nitrogens with zero attached hydrogens (tertiary/aromatic N) is 4. The van der Waals surface area contributed by atoms with Crippen molar-refractivity contribution < 1.29 is 9.53 Å². The molecule has 0 bridgehead atoms. The zero-order chi connectivity index (χ0) is 22.4. The van der Waals surface area contributed by atoms with Crippen LogP contribution < -0.4 is 10.2 Å². The van der Waals surface area contributed by atoms with Crippen LogP contribution in [0.2, 0.25) is 15.2 Å². The summed E-state index contributed by atoms with van der Waals surface area (Å²) < 4.78 is 6.91. The Labute approximate surface area is 193 Å². The highest BCUT2D eigenvalue weighted by Crippen LogP contribution is 2.27. The van der Waals surface area contributed by atoms with Crippen molar-refractivity contribution in [2.24, 2.45) is 5.10 Å². The molecule has 0 radical (unpaired) electrons. The van der Waals surface area contributed by atoms with E-state index in [0.717, 1.165) is 0 Å². The number of hydrazone groups is 1. The second kappa shape index (κ2) is 10.3. The highest BCUT2D eigenvalue weighted by Gasteiger charge is 2.15. The molecule has 0 spiro atoms. The molecule has 0 aliphatic rings. The van der Waals surface area contributed by atoms with E-state index in [1.54, 1.807) is 54.1 Å². The number of amides is 1. The van der Waals surface area contributed by atoms with Crippen LogP contribution in [-0.2, 0) is 11.3 Å². The van der Waals surface area contributed by atoms with Gasteiger partial charge in [-0.15, -0.1) is 0 Å². The number of para-hydroxylation sites is 1. The molecule has 10 heteroatoms. The SMILES string of the molecule is Cc1nn(Cc2c(Cl)cccc2Cl)c(Cl)c1/C=N/NC(=O)COc1ccccc1C#N. The maximum Gasteiger partial charge on any atom is 0.277 e. The fraction of sp³-hybridized carbons (Fsp3) is 0.143. The first-order valence-corrected chi connectivity index (χ1v) is 10.1. The third kappa shape index (κ3) is 5.56. The Kier molecular flexibility index (Phi) is 7.53. The van der Waals surface area contributed by atoms with Crippen molar-refractivity contribution >= 4 is 46.9 Å². The molecule has 1 aromatic heterocycles. The first-order valence-electron chi connectivity index (χ1n) is 9.00. The molecule has 3 aromatic rings. The number of nitriles is 1. The molecule has 2 aromatic carbocycles. The Morgan fingerprint density at radius 1 is 1.23 bits per heavy atom. The molecule has 1 N–H and O–H groups in total. The number of nitrogens with one attached hydrogen (secondary N) is 1. The molecule has 31 heavy (non-hydrogen) atoms. The van der Waals surface area contributed by atoms with Crippen LogP contribution in [0.4, 0.5) is 0 Å². The number of carbonyl (C=O) groups is 1. The van der Waals surface area contributed by atoms with Gasteiger partial charge >= 0.3 is 0 Å². The van der Waals surface area contributed by atoms with Crippen molar-refractivity contribution in [2.45, 2.75) is 13.5 Å². The van der Waals surface area contributed by atoms with Crippen molar-refractivity contribution in [3.05, 3.63) is 80.0 Å². The van der Waals surface area contributed by atoms with Crippen molar-refractivity contribution in [1.29, 1.82) is 5.26 Å². The minimum atomic E-state index is -0.493. The van der Waals surface area contributed by atoms with Gasteiger partial charge in [-0.25, -0.2) is 10.1 Å².